The second-order valence-electron chi connectivity index (χ2n) is 9.01. The minimum absolute atomic E-state index is 0.0415. The number of carbonyl (C=O) groups excluding carboxylic acids is 2. The van der Waals surface area contributed by atoms with E-state index in [1.54, 1.807) is 57.2 Å². The van der Waals surface area contributed by atoms with Gasteiger partial charge < -0.3 is 10.2 Å². The zero-order valence-corrected chi connectivity index (χ0v) is 25.2. The van der Waals surface area contributed by atoms with Crippen LogP contribution in [0.1, 0.15) is 26.3 Å². The zero-order chi connectivity index (χ0) is 28.9. The maximum Gasteiger partial charge on any atom is 0.264 e. The van der Waals surface area contributed by atoms with E-state index in [1.807, 2.05) is 0 Å². The van der Waals surface area contributed by atoms with E-state index in [-0.39, 0.29) is 33.2 Å². The fourth-order valence-electron chi connectivity index (χ4n) is 3.77. The summed E-state index contributed by atoms with van der Waals surface area (Å²) in [4.78, 5) is 28.1. The monoisotopic (exact) mass is 629 g/mol. The van der Waals surface area contributed by atoms with Gasteiger partial charge in [0, 0.05) is 38.2 Å². The number of sulfonamides is 1. The Morgan fingerprint density at radius 1 is 0.846 bits per heavy atom. The molecule has 0 bridgehead atoms. The van der Waals surface area contributed by atoms with Crippen LogP contribution >= 0.6 is 46.4 Å². The third-order valence-electron chi connectivity index (χ3n) is 5.73. The van der Waals surface area contributed by atoms with E-state index < -0.39 is 34.4 Å². The summed E-state index contributed by atoms with van der Waals surface area (Å²) in [5.74, 6) is -1.10. The SMILES string of the molecule is CC(C)NC(=O)C(C)N(Cc1c(Cl)cccc1Cl)C(=O)CN(c1cc(Cl)cc(Cl)c1)S(=O)(=O)c1ccccc1. The molecule has 0 saturated heterocycles. The van der Waals surface area contributed by atoms with Gasteiger partial charge in [-0.2, -0.15) is 0 Å². The summed E-state index contributed by atoms with van der Waals surface area (Å²) >= 11 is 25.1. The number of amides is 2. The molecule has 1 atom stereocenters. The molecule has 1 unspecified atom stereocenters. The molecule has 0 fully saturated rings. The average Bonchev–Trinajstić information content (AvgIpc) is 2.86. The summed E-state index contributed by atoms with van der Waals surface area (Å²) in [5.41, 5.74) is 0.501. The van der Waals surface area contributed by atoms with Gasteiger partial charge in [-0.3, -0.25) is 13.9 Å². The molecule has 0 spiro atoms. The van der Waals surface area contributed by atoms with Crippen LogP contribution in [0.15, 0.2) is 71.6 Å². The third-order valence-corrected chi connectivity index (χ3v) is 8.67. The maximum atomic E-state index is 13.9. The summed E-state index contributed by atoms with van der Waals surface area (Å²) in [7, 11) is -4.25. The van der Waals surface area contributed by atoms with Crippen LogP contribution in [0.25, 0.3) is 0 Å². The van der Waals surface area contributed by atoms with Crippen LogP contribution in [-0.2, 0) is 26.2 Å². The van der Waals surface area contributed by atoms with Crippen molar-refractivity contribution in [3.05, 3.63) is 92.4 Å². The average molecular weight is 631 g/mol. The molecule has 7 nitrogen and oxygen atoms in total. The highest BCUT2D eigenvalue weighted by Crippen LogP contribution is 2.31. The van der Waals surface area contributed by atoms with Gasteiger partial charge in [0.05, 0.1) is 10.6 Å². The lowest BCUT2D eigenvalue weighted by Gasteiger charge is -2.32. The molecule has 0 aliphatic carbocycles. The predicted octanol–water partition coefficient (Wildman–Crippen LogP) is 6.44. The van der Waals surface area contributed by atoms with Crippen molar-refractivity contribution < 1.29 is 18.0 Å². The van der Waals surface area contributed by atoms with Crippen LogP contribution < -0.4 is 9.62 Å². The van der Waals surface area contributed by atoms with Gasteiger partial charge in [-0.15, -0.1) is 0 Å². The van der Waals surface area contributed by atoms with Crippen LogP contribution in [-0.4, -0.2) is 43.8 Å². The second kappa shape index (κ2) is 13.2. The molecule has 0 aliphatic rings. The van der Waals surface area contributed by atoms with Gasteiger partial charge in [-0.05, 0) is 63.2 Å². The lowest BCUT2D eigenvalue weighted by atomic mass is 10.1. The lowest BCUT2D eigenvalue weighted by molar-refractivity contribution is -0.139. The first-order valence-corrected chi connectivity index (χ1v) is 14.8. The summed E-state index contributed by atoms with van der Waals surface area (Å²) in [6, 6.07) is 15.6. The first-order chi connectivity index (χ1) is 18.3. The molecule has 3 rings (SSSR count). The van der Waals surface area contributed by atoms with Crippen LogP contribution in [0.5, 0.6) is 0 Å². The van der Waals surface area contributed by atoms with Crippen LogP contribution in [0.2, 0.25) is 20.1 Å². The number of nitrogens with one attached hydrogen (secondary N) is 1. The molecule has 1 N–H and O–H groups in total. The molecule has 0 aliphatic heterocycles. The van der Waals surface area contributed by atoms with E-state index in [0.717, 1.165) is 4.31 Å². The Morgan fingerprint density at radius 3 is 1.95 bits per heavy atom. The highest BCUT2D eigenvalue weighted by Gasteiger charge is 2.33. The quantitative estimate of drug-likeness (QED) is 0.279. The van der Waals surface area contributed by atoms with Crippen molar-refractivity contribution in [2.24, 2.45) is 0 Å². The maximum absolute atomic E-state index is 13.9. The Kier molecular flexibility index (Phi) is 10.5. The van der Waals surface area contributed by atoms with E-state index in [4.69, 9.17) is 46.4 Å². The Bertz CT molecular complexity index is 1410. The molecule has 39 heavy (non-hydrogen) atoms. The molecule has 3 aromatic carbocycles. The summed E-state index contributed by atoms with van der Waals surface area (Å²) in [5, 5.41) is 3.75. The van der Waals surface area contributed by atoms with Crippen molar-refractivity contribution in [3.63, 3.8) is 0 Å². The highest BCUT2D eigenvalue weighted by atomic mass is 35.5. The fraction of sp³-hybridized carbons (Fsp3) is 0.259. The molecular weight excluding hydrogens is 604 g/mol. The van der Waals surface area contributed by atoms with E-state index >= 15 is 0 Å². The predicted molar refractivity (Wildman–Crippen MR) is 157 cm³/mol. The van der Waals surface area contributed by atoms with Crippen molar-refractivity contribution in [2.75, 3.05) is 10.8 Å². The van der Waals surface area contributed by atoms with Gasteiger partial charge in [0.15, 0.2) is 0 Å². The molecule has 0 heterocycles. The minimum atomic E-state index is -4.25. The number of benzene rings is 3. The number of rotatable bonds is 10. The number of hydrogen-bond donors (Lipinski definition) is 1. The van der Waals surface area contributed by atoms with E-state index in [1.165, 1.54) is 35.2 Å². The van der Waals surface area contributed by atoms with Crippen LogP contribution in [0.3, 0.4) is 0 Å². The molecule has 3 aromatic rings. The number of hydrogen-bond acceptors (Lipinski definition) is 4. The Morgan fingerprint density at radius 2 is 1.41 bits per heavy atom. The lowest BCUT2D eigenvalue weighted by Crippen LogP contribution is -2.52. The zero-order valence-electron chi connectivity index (χ0n) is 21.4. The third kappa shape index (κ3) is 7.80. The van der Waals surface area contributed by atoms with Gasteiger partial charge in [0.2, 0.25) is 11.8 Å². The number of halogens is 4. The number of nitrogens with zero attached hydrogens (tertiary/aromatic N) is 2. The fourth-order valence-corrected chi connectivity index (χ4v) is 6.22. The molecule has 0 saturated carbocycles. The van der Waals surface area contributed by atoms with Gasteiger partial charge >= 0.3 is 0 Å². The first kappa shape index (κ1) is 31.0. The molecule has 0 aromatic heterocycles. The largest absolute Gasteiger partial charge is 0.352 e. The van der Waals surface area contributed by atoms with Gasteiger partial charge in [-0.1, -0.05) is 70.7 Å². The van der Waals surface area contributed by atoms with E-state index in [9.17, 15) is 18.0 Å². The Hall–Kier alpha value is -2.49. The van der Waals surface area contributed by atoms with E-state index in [0.29, 0.717) is 15.6 Å². The Labute approximate surface area is 248 Å². The first-order valence-electron chi connectivity index (χ1n) is 11.9. The standard InChI is InChI=1S/C27H27Cl4N3O4S/c1-17(2)32-27(36)18(3)33(15-23-24(30)10-7-11-25(23)31)26(35)16-34(21-13-19(28)12-20(29)14-21)39(37,38)22-8-5-4-6-9-22/h4-14,17-18H,15-16H2,1-3H3,(H,32,36). The summed E-state index contributed by atoms with van der Waals surface area (Å²) in [6.45, 7) is 4.33. The minimum Gasteiger partial charge on any atom is -0.352 e. The smallest absolute Gasteiger partial charge is 0.264 e. The van der Waals surface area contributed by atoms with Crippen LogP contribution in [0, 0.1) is 0 Å². The van der Waals surface area contributed by atoms with Crippen molar-refractivity contribution in [1.82, 2.24) is 10.2 Å². The van der Waals surface area contributed by atoms with Gasteiger partial charge in [0.1, 0.15) is 12.6 Å². The summed E-state index contributed by atoms with van der Waals surface area (Å²) < 4.78 is 28.5. The topological polar surface area (TPSA) is 86.8 Å². The van der Waals surface area contributed by atoms with Crippen molar-refractivity contribution in [1.29, 1.82) is 0 Å². The molecule has 2 amide bonds. The normalized spacial score (nSPS) is 12.2. The Balaban J connectivity index is 2.09. The molecule has 0 radical (unpaired) electrons. The van der Waals surface area contributed by atoms with Gasteiger partial charge in [-0.25, -0.2) is 8.42 Å². The van der Waals surface area contributed by atoms with Gasteiger partial charge in [0.25, 0.3) is 10.0 Å². The second-order valence-corrected chi connectivity index (χ2v) is 12.6. The van der Waals surface area contributed by atoms with E-state index in [2.05, 4.69) is 5.32 Å². The molecule has 208 valence electrons. The van der Waals surface area contributed by atoms with Crippen molar-refractivity contribution >= 4 is 73.9 Å². The molecule has 12 heteroatoms. The van der Waals surface area contributed by atoms with Crippen molar-refractivity contribution in [2.45, 2.75) is 44.3 Å². The number of anilines is 1. The number of carbonyl (C=O) groups is 2. The summed E-state index contributed by atoms with van der Waals surface area (Å²) in [6.07, 6.45) is 0. The molecular formula is C27H27Cl4N3O4S. The highest BCUT2D eigenvalue weighted by molar-refractivity contribution is 7.92. The van der Waals surface area contributed by atoms with Crippen molar-refractivity contribution in [3.8, 4) is 0 Å². The van der Waals surface area contributed by atoms with Crippen LogP contribution in [0.4, 0.5) is 5.69 Å².